The molecule has 2 aliphatic rings. The molecule has 4 unspecified atom stereocenters. The smallest absolute Gasteiger partial charge is 0.303 e. The molecule has 1 amide bonds. The molecule has 2 rings (SSSR count). The predicted molar refractivity (Wildman–Crippen MR) is 162 cm³/mol. The first-order valence-corrected chi connectivity index (χ1v) is 16.4. The van der Waals surface area contributed by atoms with Crippen LogP contribution in [0.1, 0.15) is 67.2 Å². The highest BCUT2D eigenvalue weighted by molar-refractivity contribution is 8.13. The molecule has 2 heterocycles. The van der Waals surface area contributed by atoms with Crippen LogP contribution in [0, 0.1) is 5.92 Å². The average Bonchev–Trinajstić information content (AvgIpc) is 2.96. The maximum absolute atomic E-state index is 12.5. The van der Waals surface area contributed by atoms with E-state index in [-0.39, 0.29) is 23.9 Å². The molecule has 0 radical (unpaired) electrons. The minimum atomic E-state index is -1.56. The Morgan fingerprint density at radius 1 is 0.787 bits per heavy atom. The maximum Gasteiger partial charge on any atom is 0.303 e. The summed E-state index contributed by atoms with van der Waals surface area (Å²) in [6, 6.07) is -1.16. The SMILES string of the molecule is CC(=O)CC1[C@H](O[C@@H]2C(NC(C)=O)[C@@H](OCCCCCSC(C)=O)OC(CO)[C@@H]2O)OC(COC(C)=O)[C@H](OC(C)=O)[C@@H]1OC(C)=O. The monoisotopic (exact) mass is 693 g/mol. The number of rotatable bonds is 17. The van der Waals surface area contributed by atoms with Crippen molar-refractivity contribution in [3.8, 4) is 0 Å². The Labute approximate surface area is 277 Å². The number of amides is 1. The fraction of sp³-hybridized carbons (Fsp3) is 0.800. The molecule has 0 aromatic heterocycles. The van der Waals surface area contributed by atoms with Crippen molar-refractivity contribution >= 4 is 46.5 Å². The number of hydrogen-bond donors (Lipinski definition) is 3. The number of hydrogen-bond acceptors (Lipinski definition) is 16. The number of thioether (sulfide) groups is 1. The fourth-order valence-corrected chi connectivity index (χ4v) is 6.00. The lowest BCUT2D eigenvalue weighted by atomic mass is 9.86. The highest BCUT2D eigenvalue weighted by Crippen LogP contribution is 2.37. The molecule has 2 saturated heterocycles. The van der Waals surface area contributed by atoms with Gasteiger partial charge in [-0.15, -0.1) is 0 Å². The van der Waals surface area contributed by atoms with Crippen LogP contribution in [0.15, 0.2) is 0 Å². The molecule has 16 nitrogen and oxygen atoms in total. The Morgan fingerprint density at radius 3 is 1.98 bits per heavy atom. The van der Waals surface area contributed by atoms with Crippen molar-refractivity contribution in [2.45, 2.75) is 122 Å². The lowest BCUT2D eigenvalue weighted by molar-refractivity contribution is -0.338. The Bertz CT molecular complexity index is 1090. The maximum atomic E-state index is 12.5. The van der Waals surface area contributed by atoms with Gasteiger partial charge in [-0.05, 0) is 19.8 Å². The van der Waals surface area contributed by atoms with Crippen LogP contribution in [0.4, 0.5) is 0 Å². The molecule has 0 aliphatic carbocycles. The third-order valence-corrected chi connectivity index (χ3v) is 8.14. The van der Waals surface area contributed by atoms with E-state index in [2.05, 4.69) is 5.32 Å². The molecule has 0 aromatic rings. The lowest BCUT2D eigenvalue weighted by Crippen LogP contribution is -2.67. The third-order valence-electron chi connectivity index (χ3n) is 7.24. The number of esters is 3. The first kappa shape index (κ1) is 40.5. The number of carbonyl (C=O) groups excluding carboxylic acids is 6. The molecular weight excluding hydrogens is 646 g/mol. The van der Waals surface area contributed by atoms with E-state index in [0.29, 0.717) is 12.2 Å². The minimum Gasteiger partial charge on any atom is -0.463 e. The molecule has 3 N–H and O–H groups in total. The van der Waals surface area contributed by atoms with Gasteiger partial charge in [0.25, 0.3) is 0 Å². The summed E-state index contributed by atoms with van der Waals surface area (Å²) >= 11 is 1.23. The predicted octanol–water partition coefficient (Wildman–Crippen LogP) is 0.168. The van der Waals surface area contributed by atoms with Gasteiger partial charge in [0, 0.05) is 53.4 Å². The second-order valence-electron chi connectivity index (χ2n) is 11.4. The van der Waals surface area contributed by atoms with E-state index in [4.69, 9.17) is 33.2 Å². The number of aliphatic hydroxyl groups excluding tert-OH is 2. The van der Waals surface area contributed by atoms with E-state index in [0.717, 1.165) is 33.6 Å². The van der Waals surface area contributed by atoms with Gasteiger partial charge in [-0.2, -0.15) is 0 Å². The Hall–Kier alpha value is -2.67. The fourth-order valence-electron chi connectivity index (χ4n) is 5.36. The van der Waals surface area contributed by atoms with Crippen LogP contribution >= 0.6 is 11.8 Å². The first-order valence-electron chi connectivity index (χ1n) is 15.4. The van der Waals surface area contributed by atoms with Crippen LogP contribution in [0.5, 0.6) is 0 Å². The molecule has 2 aliphatic heterocycles. The molecule has 0 saturated carbocycles. The van der Waals surface area contributed by atoms with E-state index in [1.807, 2.05) is 0 Å². The van der Waals surface area contributed by atoms with Crippen LogP contribution in [0.2, 0.25) is 0 Å². The number of ether oxygens (including phenoxy) is 7. The molecular formula is C30H47NO15S. The number of aliphatic hydroxyl groups is 2. The van der Waals surface area contributed by atoms with Crippen molar-refractivity contribution in [3.05, 3.63) is 0 Å². The van der Waals surface area contributed by atoms with Crippen LogP contribution < -0.4 is 5.32 Å². The zero-order chi connectivity index (χ0) is 35.3. The van der Waals surface area contributed by atoms with Crippen molar-refractivity contribution in [3.63, 3.8) is 0 Å². The number of unbranched alkanes of at least 4 members (excludes halogenated alkanes) is 2. The third kappa shape index (κ3) is 13.4. The Balaban J connectivity index is 2.44. The van der Waals surface area contributed by atoms with E-state index in [9.17, 15) is 39.0 Å². The summed E-state index contributed by atoms with van der Waals surface area (Å²) < 4.78 is 40.3. The Kier molecular flexibility index (Phi) is 17.2. The summed E-state index contributed by atoms with van der Waals surface area (Å²) in [5.74, 6) is -3.57. The van der Waals surface area contributed by atoms with Crippen molar-refractivity contribution in [1.29, 1.82) is 0 Å². The largest absolute Gasteiger partial charge is 0.463 e. The Morgan fingerprint density at radius 2 is 1.43 bits per heavy atom. The van der Waals surface area contributed by atoms with Gasteiger partial charge in [0.2, 0.25) is 5.91 Å². The summed E-state index contributed by atoms with van der Waals surface area (Å²) in [6.07, 6.45) is -8.96. The van der Waals surface area contributed by atoms with Crippen molar-refractivity contribution in [1.82, 2.24) is 5.32 Å². The molecule has 268 valence electrons. The summed E-state index contributed by atoms with van der Waals surface area (Å²) in [4.78, 5) is 71.9. The first-order chi connectivity index (χ1) is 22.1. The van der Waals surface area contributed by atoms with Crippen LogP contribution in [-0.4, -0.2) is 126 Å². The second-order valence-corrected chi connectivity index (χ2v) is 12.7. The molecule has 17 heteroatoms. The van der Waals surface area contributed by atoms with Crippen LogP contribution in [0.3, 0.4) is 0 Å². The van der Waals surface area contributed by atoms with Gasteiger partial charge >= 0.3 is 17.9 Å². The number of carbonyl (C=O) groups is 6. The van der Waals surface area contributed by atoms with Crippen molar-refractivity contribution in [2.24, 2.45) is 5.92 Å². The highest BCUT2D eigenvalue weighted by Gasteiger charge is 2.54. The van der Waals surface area contributed by atoms with Crippen molar-refractivity contribution < 1.29 is 72.1 Å². The van der Waals surface area contributed by atoms with Gasteiger partial charge in [-0.3, -0.25) is 24.0 Å². The summed E-state index contributed by atoms with van der Waals surface area (Å²) in [7, 11) is 0. The van der Waals surface area contributed by atoms with Crippen LogP contribution in [-0.2, 0) is 61.9 Å². The van der Waals surface area contributed by atoms with E-state index in [1.54, 1.807) is 0 Å². The quantitative estimate of drug-likeness (QED) is 0.105. The molecule has 10 atom stereocenters. The number of ketones is 1. The van der Waals surface area contributed by atoms with Crippen molar-refractivity contribution in [2.75, 3.05) is 25.6 Å². The van der Waals surface area contributed by atoms with Gasteiger partial charge in [0.05, 0.1) is 12.5 Å². The average molecular weight is 694 g/mol. The highest BCUT2D eigenvalue weighted by atomic mass is 32.2. The molecule has 0 bridgehead atoms. The molecule has 0 spiro atoms. The standard InChI is InChI=1S/C30H47NO15S/c1-15(33)12-21-26(42-18(4)36)27(43-19(5)37)23(14-41-17(3)35)45-29(21)46-28-24(31-16(2)34)30(44-22(13-32)25(28)39)40-10-8-7-9-11-47-20(6)38/h21-30,32,39H,7-14H2,1-6H3,(H,31,34)/t21?,22?,23?,24?,25-,26+,27-,28+,29-,30-/m0/s1. The van der Waals surface area contributed by atoms with E-state index in [1.165, 1.54) is 32.5 Å². The topological polar surface area (TPSA) is 220 Å². The lowest BCUT2D eigenvalue weighted by Gasteiger charge is -2.49. The van der Waals surface area contributed by atoms with E-state index >= 15 is 0 Å². The summed E-state index contributed by atoms with van der Waals surface area (Å²) in [5, 5.41) is 24.0. The number of nitrogens with one attached hydrogen (secondary N) is 1. The number of Topliss-reactive ketones (excluding diaryl/α,β-unsaturated/α-hetero) is 1. The molecule has 2 fully saturated rings. The zero-order valence-electron chi connectivity index (χ0n) is 27.5. The van der Waals surface area contributed by atoms with Gasteiger partial charge in [-0.25, -0.2) is 0 Å². The molecule has 0 aromatic carbocycles. The minimum absolute atomic E-state index is 0.0286. The normalized spacial score (nSPS) is 30.6. The summed E-state index contributed by atoms with van der Waals surface area (Å²) in [6.45, 7) is 6.45. The van der Waals surface area contributed by atoms with Gasteiger partial charge < -0.3 is 53.5 Å². The molecule has 47 heavy (non-hydrogen) atoms. The van der Waals surface area contributed by atoms with Gasteiger partial charge in [0.15, 0.2) is 23.8 Å². The summed E-state index contributed by atoms with van der Waals surface area (Å²) in [5.41, 5.74) is 0. The van der Waals surface area contributed by atoms with Crippen LogP contribution in [0.25, 0.3) is 0 Å². The second kappa shape index (κ2) is 20.0. The van der Waals surface area contributed by atoms with Gasteiger partial charge in [0.1, 0.15) is 49.0 Å². The van der Waals surface area contributed by atoms with Gasteiger partial charge in [-0.1, -0.05) is 18.2 Å². The van der Waals surface area contributed by atoms with E-state index < -0.39 is 98.2 Å². The zero-order valence-corrected chi connectivity index (χ0v) is 28.4.